The number of halogens is 1. The van der Waals surface area contributed by atoms with Crippen molar-refractivity contribution in [2.45, 2.75) is 46.6 Å². The fraction of sp³-hybridized carbons (Fsp3) is 0.571. The molecule has 0 spiro atoms. The van der Waals surface area contributed by atoms with E-state index in [-0.39, 0.29) is 6.04 Å². The molecule has 0 radical (unpaired) electrons. The molecule has 0 aliphatic rings. The second kappa shape index (κ2) is 6.27. The average Bonchev–Trinajstić information content (AvgIpc) is 2.27. The van der Waals surface area contributed by atoms with Gasteiger partial charge in [0.1, 0.15) is 5.75 Å². The monoisotopic (exact) mass is 255 g/mol. The molecule has 0 heterocycles. The molecule has 3 heteroatoms. The lowest BCUT2D eigenvalue weighted by molar-refractivity contribution is 0.317. The van der Waals surface area contributed by atoms with Crippen LogP contribution >= 0.6 is 11.6 Å². The van der Waals surface area contributed by atoms with Crippen molar-refractivity contribution in [1.29, 1.82) is 0 Å². The van der Waals surface area contributed by atoms with Crippen LogP contribution in [0.25, 0.3) is 0 Å². The van der Waals surface area contributed by atoms with Crippen molar-refractivity contribution in [1.82, 2.24) is 0 Å². The van der Waals surface area contributed by atoms with Gasteiger partial charge in [0, 0.05) is 6.04 Å². The van der Waals surface area contributed by atoms with Gasteiger partial charge in [-0.3, -0.25) is 0 Å². The number of hydrogen-bond donors (Lipinski definition) is 1. The molecule has 0 fully saturated rings. The fourth-order valence-corrected chi connectivity index (χ4v) is 2.14. The Morgan fingerprint density at radius 2 is 2.06 bits per heavy atom. The highest BCUT2D eigenvalue weighted by atomic mass is 35.5. The molecule has 0 saturated heterocycles. The van der Waals surface area contributed by atoms with E-state index in [9.17, 15) is 0 Å². The van der Waals surface area contributed by atoms with Crippen LogP contribution in [0, 0.1) is 13.8 Å². The molecule has 2 N–H and O–H groups in total. The number of benzene rings is 1. The van der Waals surface area contributed by atoms with Crippen LogP contribution in [-0.4, -0.2) is 12.6 Å². The number of ether oxygens (including phenoxy) is 1. The maximum atomic E-state index is 6.32. The Hall–Kier alpha value is -0.730. The molecule has 0 aliphatic heterocycles. The first-order valence-corrected chi connectivity index (χ1v) is 6.52. The molecule has 0 saturated carbocycles. The first kappa shape index (κ1) is 14.3. The summed E-state index contributed by atoms with van der Waals surface area (Å²) in [5.74, 6) is 0.789. The van der Waals surface area contributed by atoms with E-state index in [2.05, 4.69) is 13.8 Å². The third kappa shape index (κ3) is 3.62. The quantitative estimate of drug-likeness (QED) is 0.872. The van der Waals surface area contributed by atoms with Gasteiger partial charge < -0.3 is 10.5 Å². The van der Waals surface area contributed by atoms with Gasteiger partial charge in [0.25, 0.3) is 0 Å². The average molecular weight is 256 g/mol. The highest BCUT2D eigenvalue weighted by molar-refractivity contribution is 6.33. The summed E-state index contributed by atoms with van der Waals surface area (Å²) >= 11 is 6.32. The van der Waals surface area contributed by atoms with Crippen LogP contribution in [0.5, 0.6) is 5.75 Å². The highest BCUT2D eigenvalue weighted by Gasteiger charge is 2.13. The lowest BCUT2D eigenvalue weighted by Gasteiger charge is -2.17. The summed E-state index contributed by atoms with van der Waals surface area (Å²) in [5, 5.41) is 0.722. The molecule has 1 unspecified atom stereocenters. The van der Waals surface area contributed by atoms with Gasteiger partial charge in [-0.1, -0.05) is 18.5 Å². The number of hydrogen-bond acceptors (Lipinski definition) is 2. The van der Waals surface area contributed by atoms with Gasteiger partial charge in [-0.05, 0) is 56.4 Å². The van der Waals surface area contributed by atoms with E-state index < -0.39 is 0 Å². The van der Waals surface area contributed by atoms with E-state index in [1.54, 1.807) is 0 Å². The Kier molecular flexibility index (Phi) is 5.29. The van der Waals surface area contributed by atoms with E-state index in [4.69, 9.17) is 22.1 Å². The van der Waals surface area contributed by atoms with Crippen LogP contribution in [0.1, 0.15) is 37.0 Å². The molecule has 1 atom stereocenters. The number of nitrogens with two attached hydrogens (primary N) is 1. The lowest BCUT2D eigenvalue weighted by atomic mass is 9.96. The predicted molar refractivity (Wildman–Crippen MR) is 74.1 cm³/mol. The zero-order valence-corrected chi connectivity index (χ0v) is 11.9. The minimum Gasteiger partial charge on any atom is -0.492 e. The molecule has 1 rings (SSSR count). The third-order valence-corrected chi connectivity index (χ3v) is 3.28. The Balaban J connectivity index is 3.08. The molecule has 1 aromatic rings. The maximum absolute atomic E-state index is 6.32. The Morgan fingerprint density at radius 3 is 2.59 bits per heavy atom. The van der Waals surface area contributed by atoms with Crippen molar-refractivity contribution < 1.29 is 4.74 Å². The van der Waals surface area contributed by atoms with Gasteiger partial charge >= 0.3 is 0 Å². The van der Waals surface area contributed by atoms with E-state index in [0.717, 1.165) is 29.2 Å². The van der Waals surface area contributed by atoms with Crippen LogP contribution in [0.2, 0.25) is 5.02 Å². The smallest absolute Gasteiger partial charge is 0.138 e. The van der Waals surface area contributed by atoms with Gasteiger partial charge in [-0.25, -0.2) is 0 Å². The van der Waals surface area contributed by atoms with Gasteiger partial charge in [-0.2, -0.15) is 0 Å². The summed E-state index contributed by atoms with van der Waals surface area (Å²) in [6.07, 6.45) is 1.83. The molecular formula is C14H22ClNO. The zero-order chi connectivity index (χ0) is 13.0. The summed E-state index contributed by atoms with van der Waals surface area (Å²) < 4.78 is 5.64. The Bertz CT molecular complexity index is 388. The van der Waals surface area contributed by atoms with Crippen molar-refractivity contribution in [2.75, 3.05) is 6.61 Å². The number of aryl methyl sites for hydroxylation is 1. The second-order valence-corrected chi connectivity index (χ2v) is 5.02. The highest BCUT2D eigenvalue weighted by Crippen LogP contribution is 2.33. The Labute approximate surface area is 109 Å². The minimum atomic E-state index is 0.144. The van der Waals surface area contributed by atoms with E-state index in [1.165, 1.54) is 11.1 Å². The van der Waals surface area contributed by atoms with E-state index in [0.29, 0.717) is 6.61 Å². The molecular weight excluding hydrogens is 234 g/mol. The van der Waals surface area contributed by atoms with Crippen LogP contribution in [-0.2, 0) is 6.42 Å². The molecule has 0 aliphatic carbocycles. The van der Waals surface area contributed by atoms with Crippen LogP contribution in [0.3, 0.4) is 0 Å². The van der Waals surface area contributed by atoms with E-state index >= 15 is 0 Å². The van der Waals surface area contributed by atoms with Crippen LogP contribution < -0.4 is 10.5 Å². The van der Waals surface area contributed by atoms with Gasteiger partial charge in [-0.15, -0.1) is 0 Å². The predicted octanol–water partition coefficient (Wildman–Crippen LogP) is 3.64. The first-order valence-electron chi connectivity index (χ1n) is 6.14. The lowest BCUT2D eigenvalue weighted by Crippen LogP contribution is -2.19. The molecule has 17 heavy (non-hydrogen) atoms. The molecule has 0 aromatic heterocycles. The summed E-state index contributed by atoms with van der Waals surface area (Å²) in [6, 6.07) is 2.16. The second-order valence-electron chi connectivity index (χ2n) is 4.64. The van der Waals surface area contributed by atoms with E-state index in [1.807, 2.05) is 19.9 Å². The van der Waals surface area contributed by atoms with Crippen LogP contribution in [0.15, 0.2) is 6.07 Å². The van der Waals surface area contributed by atoms with Crippen molar-refractivity contribution in [3.8, 4) is 5.75 Å². The van der Waals surface area contributed by atoms with Crippen molar-refractivity contribution in [3.05, 3.63) is 27.8 Å². The molecule has 2 nitrogen and oxygen atoms in total. The standard InChI is InChI=1S/C14H22ClNO/c1-5-6-17-13-7-9(2)12(8-10(3)16)11(4)14(13)15/h7,10H,5-6,8,16H2,1-4H3. The normalized spacial score (nSPS) is 12.6. The topological polar surface area (TPSA) is 35.2 Å². The Morgan fingerprint density at radius 1 is 1.41 bits per heavy atom. The maximum Gasteiger partial charge on any atom is 0.138 e. The molecule has 0 amide bonds. The number of rotatable bonds is 5. The van der Waals surface area contributed by atoms with Gasteiger partial charge in [0.05, 0.1) is 11.6 Å². The minimum absolute atomic E-state index is 0.144. The first-order chi connectivity index (χ1) is 7.97. The third-order valence-electron chi connectivity index (χ3n) is 2.81. The fourth-order valence-electron chi connectivity index (χ4n) is 1.91. The van der Waals surface area contributed by atoms with Crippen molar-refractivity contribution >= 4 is 11.6 Å². The summed E-state index contributed by atoms with van der Waals surface area (Å²) in [4.78, 5) is 0. The summed E-state index contributed by atoms with van der Waals surface area (Å²) in [5.41, 5.74) is 9.40. The summed E-state index contributed by atoms with van der Waals surface area (Å²) in [6.45, 7) is 8.91. The molecule has 1 aromatic carbocycles. The van der Waals surface area contributed by atoms with Crippen LogP contribution in [0.4, 0.5) is 0 Å². The largest absolute Gasteiger partial charge is 0.492 e. The molecule has 0 bridgehead atoms. The van der Waals surface area contributed by atoms with Gasteiger partial charge in [0.15, 0.2) is 0 Å². The van der Waals surface area contributed by atoms with Crippen molar-refractivity contribution in [2.24, 2.45) is 5.73 Å². The zero-order valence-electron chi connectivity index (χ0n) is 11.1. The SMILES string of the molecule is CCCOc1cc(C)c(CC(C)N)c(C)c1Cl. The van der Waals surface area contributed by atoms with Crippen molar-refractivity contribution in [3.63, 3.8) is 0 Å². The summed E-state index contributed by atoms with van der Waals surface area (Å²) in [7, 11) is 0. The molecule has 96 valence electrons. The van der Waals surface area contributed by atoms with Gasteiger partial charge in [0.2, 0.25) is 0 Å².